The van der Waals surface area contributed by atoms with E-state index < -0.39 is 11.7 Å². The smallest absolute Gasteiger partial charge is 0.320 e. The molecule has 2 rings (SSSR count). The van der Waals surface area contributed by atoms with Gasteiger partial charge in [-0.2, -0.15) is 4.99 Å². The maximum atomic E-state index is 10.8. The van der Waals surface area contributed by atoms with Crippen molar-refractivity contribution in [1.82, 2.24) is 0 Å². The molecule has 2 heterocycles. The Morgan fingerprint density at radius 3 is 3.08 bits per heavy atom. The SMILES string of the molecule is O=C1C=C2C=CCOC2=NC1=O. The van der Waals surface area contributed by atoms with Crippen LogP contribution in [-0.2, 0) is 14.3 Å². The number of ketones is 1. The van der Waals surface area contributed by atoms with Gasteiger partial charge in [0.2, 0.25) is 11.7 Å². The molecule has 0 saturated heterocycles. The summed E-state index contributed by atoms with van der Waals surface area (Å²) >= 11 is 0. The maximum Gasteiger partial charge on any atom is 0.320 e. The summed E-state index contributed by atoms with van der Waals surface area (Å²) in [7, 11) is 0. The average Bonchev–Trinajstić information content (AvgIpc) is 2.07. The normalized spacial score (nSPS) is 21.0. The Balaban J connectivity index is 2.46. The Morgan fingerprint density at radius 1 is 1.42 bits per heavy atom. The molecule has 4 nitrogen and oxygen atoms in total. The molecule has 0 unspecified atom stereocenters. The Kier molecular flexibility index (Phi) is 1.40. The second kappa shape index (κ2) is 2.41. The van der Waals surface area contributed by atoms with E-state index in [1.807, 2.05) is 0 Å². The summed E-state index contributed by atoms with van der Waals surface area (Å²) in [4.78, 5) is 25.1. The van der Waals surface area contributed by atoms with Crippen molar-refractivity contribution in [3.05, 3.63) is 23.8 Å². The third kappa shape index (κ3) is 0.972. The lowest BCUT2D eigenvalue weighted by Crippen LogP contribution is -2.23. The van der Waals surface area contributed by atoms with E-state index in [1.54, 1.807) is 12.2 Å². The highest BCUT2D eigenvalue weighted by molar-refractivity contribution is 6.45. The number of ether oxygens (including phenoxy) is 1. The molecular formula is C8H5NO3. The summed E-state index contributed by atoms with van der Waals surface area (Å²) < 4.78 is 5.02. The van der Waals surface area contributed by atoms with Gasteiger partial charge in [-0.3, -0.25) is 9.59 Å². The second-order valence-corrected chi connectivity index (χ2v) is 2.40. The minimum absolute atomic E-state index is 0.252. The lowest BCUT2D eigenvalue weighted by Gasteiger charge is -2.14. The number of hydrogen-bond donors (Lipinski definition) is 0. The van der Waals surface area contributed by atoms with Gasteiger partial charge >= 0.3 is 5.91 Å². The van der Waals surface area contributed by atoms with Crippen LogP contribution in [0.25, 0.3) is 0 Å². The van der Waals surface area contributed by atoms with Crippen molar-refractivity contribution in [2.45, 2.75) is 0 Å². The van der Waals surface area contributed by atoms with E-state index in [1.165, 1.54) is 6.08 Å². The molecular weight excluding hydrogens is 158 g/mol. The molecule has 4 heteroatoms. The molecule has 2 aliphatic heterocycles. The van der Waals surface area contributed by atoms with Crippen LogP contribution in [0.3, 0.4) is 0 Å². The van der Waals surface area contributed by atoms with Crippen LogP contribution in [0.2, 0.25) is 0 Å². The van der Waals surface area contributed by atoms with Gasteiger partial charge in [0.15, 0.2) is 0 Å². The number of carbonyl (C=O) groups is 2. The van der Waals surface area contributed by atoms with Gasteiger partial charge < -0.3 is 4.74 Å². The van der Waals surface area contributed by atoms with Crippen LogP contribution in [0.15, 0.2) is 28.8 Å². The highest BCUT2D eigenvalue weighted by Crippen LogP contribution is 2.12. The highest BCUT2D eigenvalue weighted by atomic mass is 16.5. The number of carbonyl (C=O) groups excluding carboxylic acids is 2. The largest absolute Gasteiger partial charge is 0.473 e. The van der Waals surface area contributed by atoms with Crippen molar-refractivity contribution in [2.75, 3.05) is 6.61 Å². The van der Waals surface area contributed by atoms with Crippen LogP contribution < -0.4 is 0 Å². The number of fused-ring (bicyclic) bond motifs is 1. The first-order valence-corrected chi connectivity index (χ1v) is 3.46. The zero-order valence-corrected chi connectivity index (χ0v) is 6.11. The molecule has 0 saturated carbocycles. The van der Waals surface area contributed by atoms with Gasteiger partial charge in [0.05, 0.1) is 0 Å². The molecule has 0 N–H and O–H groups in total. The second-order valence-electron chi connectivity index (χ2n) is 2.40. The number of rotatable bonds is 0. The molecule has 0 aliphatic carbocycles. The summed E-state index contributed by atoms with van der Waals surface area (Å²) in [6.07, 6.45) is 4.71. The van der Waals surface area contributed by atoms with E-state index >= 15 is 0 Å². The number of amides is 1. The first-order valence-electron chi connectivity index (χ1n) is 3.46. The quantitative estimate of drug-likeness (QED) is 0.472. The molecule has 0 radical (unpaired) electrons. The van der Waals surface area contributed by atoms with Crippen LogP contribution in [0.5, 0.6) is 0 Å². The molecule has 0 aromatic heterocycles. The Hall–Kier alpha value is -1.71. The van der Waals surface area contributed by atoms with E-state index in [2.05, 4.69) is 4.99 Å². The van der Waals surface area contributed by atoms with Crippen LogP contribution in [-0.4, -0.2) is 24.2 Å². The molecule has 0 aromatic carbocycles. The third-order valence-corrected chi connectivity index (χ3v) is 1.56. The molecule has 0 aromatic rings. The van der Waals surface area contributed by atoms with Gasteiger partial charge in [-0.1, -0.05) is 6.08 Å². The molecule has 0 fully saturated rings. The molecule has 60 valence electrons. The predicted octanol–water partition coefficient (Wildman–Crippen LogP) is 0.00700. The van der Waals surface area contributed by atoms with E-state index in [9.17, 15) is 9.59 Å². The zero-order valence-electron chi connectivity index (χ0n) is 6.11. The molecule has 1 amide bonds. The van der Waals surface area contributed by atoms with Gasteiger partial charge in [-0.05, 0) is 6.08 Å². The molecule has 0 bridgehead atoms. The molecule has 0 spiro atoms. The standard InChI is InChI=1S/C8H5NO3/c10-6-4-5-2-1-3-12-8(5)9-7(6)11/h1-2,4H,3H2. The fourth-order valence-corrected chi connectivity index (χ4v) is 1.01. The van der Waals surface area contributed by atoms with Gasteiger partial charge in [0.25, 0.3) is 0 Å². The van der Waals surface area contributed by atoms with Crippen molar-refractivity contribution in [1.29, 1.82) is 0 Å². The number of aliphatic imine (C=N–C) groups is 1. The van der Waals surface area contributed by atoms with Crippen LogP contribution >= 0.6 is 0 Å². The Labute approximate surface area is 68.2 Å². The minimum atomic E-state index is -0.760. The zero-order chi connectivity index (χ0) is 8.55. The Bertz CT molecular complexity index is 349. The topological polar surface area (TPSA) is 55.7 Å². The molecule has 0 atom stereocenters. The first kappa shape index (κ1) is 6.97. The van der Waals surface area contributed by atoms with Crippen LogP contribution in [0, 0.1) is 0 Å². The summed E-state index contributed by atoms with van der Waals surface area (Å²) in [6.45, 7) is 0.400. The van der Waals surface area contributed by atoms with Crippen molar-refractivity contribution in [3.8, 4) is 0 Å². The van der Waals surface area contributed by atoms with Gasteiger partial charge in [0.1, 0.15) is 6.61 Å². The summed E-state index contributed by atoms with van der Waals surface area (Å²) in [5, 5.41) is 0. The third-order valence-electron chi connectivity index (χ3n) is 1.56. The first-order chi connectivity index (χ1) is 5.77. The van der Waals surface area contributed by atoms with Crippen molar-refractivity contribution < 1.29 is 14.3 Å². The summed E-state index contributed by atoms with van der Waals surface area (Å²) in [6, 6.07) is 0. The maximum absolute atomic E-state index is 10.8. The molecule has 2 aliphatic rings. The number of nitrogens with zero attached hydrogens (tertiary/aromatic N) is 1. The lowest BCUT2D eigenvalue weighted by molar-refractivity contribution is -0.133. The van der Waals surface area contributed by atoms with E-state index in [4.69, 9.17) is 4.74 Å². The van der Waals surface area contributed by atoms with E-state index in [-0.39, 0.29) is 5.90 Å². The van der Waals surface area contributed by atoms with Crippen molar-refractivity contribution in [2.24, 2.45) is 4.99 Å². The van der Waals surface area contributed by atoms with Gasteiger partial charge in [-0.25, -0.2) is 0 Å². The van der Waals surface area contributed by atoms with Crippen molar-refractivity contribution in [3.63, 3.8) is 0 Å². The average molecular weight is 163 g/mol. The van der Waals surface area contributed by atoms with Gasteiger partial charge in [0, 0.05) is 11.6 Å². The minimum Gasteiger partial charge on any atom is -0.473 e. The fraction of sp³-hybridized carbons (Fsp3) is 0.125. The fourth-order valence-electron chi connectivity index (χ4n) is 1.01. The number of dihydropyridines is 1. The highest BCUT2D eigenvalue weighted by Gasteiger charge is 2.22. The van der Waals surface area contributed by atoms with Crippen LogP contribution in [0.4, 0.5) is 0 Å². The summed E-state index contributed by atoms with van der Waals surface area (Å²) in [5.74, 6) is -1.10. The lowest BCUT2D eigenvalue weighted by atomic mass is 10.1. The summed E-state index contributed by atoms with van der Waals surface area (Å²) in [5.41, 5.74) is 0.575. The van der Waals surface area contributed by atoms with Crippen molar-refractivity contribution >= 4 is 17.6 Å². The Morgan fingerprint density at radius 2 is 2.25 bits per heavy atom. The van der Waals surface area contributed by atoms with E-state index in [0.717, 1.165) is 0 Å². The number of hydrogen-bond acceptors (Lipinski definition) is 3. The van der Waals surface area contributed by atoms with E-state index in [0.29, 0.717) is 12.2 Å². The van der Waals surface area contributed by atoms with Crippen LogP contribution in [0.1, 0.15) is 0 Å². The van der Waals surface area contributed by atoms with Gasteiger partial charge in [-0.15, -0.1) is 0 Å². The monoisotopic (exact) mass is 163 g/mol. The molecule has 12 heavy (non-hydrogen) atoms. The predicted molar refractivity (Wildman–Crippen MR) is 40.6 cm³/mol.